The van der Waals surface area contributed by atoms with E-state index in [0.717, 1.165) is 16.4 Å². The molecule has 1 aromatic heterocycles. The van der Waals surface area contributed by atoms with Crippen LogP contribution < -0.4 is 0 Å². The summed E-state index contributed by atoms with van der Waals surface area (Å²) in [5, 5.41) is 0.774. The quantitative estimate of drug-likeness (QED) is 0.577. The van der Waals surface area contributed by atoms with Gasteiger partial charge in [-0.25, -0.2) is 4.79 Å². The summed E-state index contributed by atoms with van der Waals surface area (Å²) in [6.45, 7) is 0. The van der Waals surface area contributed by atoms with Gasteiger partial charge in [-0.1, -0.05) is 6.07 Å². The maximum atomic E-state index is 11.4. The van der Waals surface area contributed by atoms with Gasteiger partial charge in [-0.15, -0.1) is 11.3 Å². The zero-order chi connectivity index (χ0) is 10.8. The molecule has 1 heterocycles. The fraction of sp³-hybridized carbons (Fsp3) is 0.0909. The summed E-state index contributed by atoms with van der Waals surface area (Å²) in [5.74, 6) is -0.379. The molecule has 0 spiro atoms. The summed E-state index contributed by atoms with van der Waals surface area (Å²) >= 11 is 1.36. The number of methoxy groups -OCH3 is 1. The first-order valence-electron chi connectivity index (χ1n) is 4.32. The van der Waals surface area contributed by atoms with Gasteiger partial charge in [0.2, 0.25) is 0 Å². The van der Waals surface area contributed by atoms with Crippen LogP contribution in [0.15, 0.2) is 24.3 Å². The van der Waals surface area contributed by atoms with Gasteiger partial charge < -0.3 is 4.74 Å². The number of aldehydes is 1. The van der Waals surface area contributed by atoms with Crippen LogP contribution in [0.3, 0.4) is 0 Å². The lowest BCUT2D eigenvalue weighted by molar-refractivity contribution is 0.0603. The van der Waals surface area contributed by atoms with E-state index in [2.05, 4.69) is 4.74 Å². The number of thiophene rings is 1. The molecule has 0 N–H and O–H groups in total. The van der Waals surface area contributed by atoms with E-state index in [9.17, 15) is 9.59 Å². The molecule has 0 amide bonds. The summed E-state index contributed by atoms with van der Waals surface area (Å²) in [6.07, 6.45) is 0.783. The topological polar surface area (TPSA) is 43.4 Å². The van der Waals surface area contributed by atoms with Crippen molar-refractivity contribution in [3.05, 3.63) is 34.7 Å². The summed E-state index contributed by atoms with van der Waals surface area (Å²) in [4.78, 5) is 22.7. The van der Waals surface area contributed by atoms with Gasteiger partial charge in [0.05, 0.1) is 17.6 Å². The van der Waals surface area contributed by atoms with Crippen molar-refractivity contribution >= 4 is 33.7 Å². The van der Waals surface area contributed by atoms with Gasteiger partial charge >= 0.3 is 5.97 Å². The fourth-order valence-corrected chi connectivity index (χ4v) is 2.33. The van der Waals surface area contributed by atoms with Crippen LogP contribution in [0, 0.1) is 0 Å². The standard InChI is InChI=1S/C11H8O3S/c1-14-11(13)8-3-2-4-10-9(8)5-7(6-12)15-10/h2-6H,1H3. The SMILES string of the molecule is COC(=O)c1cccc2sc(C=O)cc12. The minimum absolute atomic E-state index is 0.379. The average molecular weight is 220 g/mol. The molecule has 15 heavy (non-hydrogen) atoms. The first-order chi connectivity index (χ1) is 7.26. The van der Waals surface area contributed by atoms with Crippen LogP contribution >= 0.6 is 11.3 Å². The van der Waals surface area contributed by atoms with Crippen LogP contribution in [0.5, 0.6) is 0 Å². The number of fused-ring (bicyclic) bond motifs is 1. The number of benzene rings is 1. The fourth-order valence-electron chi connectivity index (χ4n) is 1.43. The third-order valence-corrected chi connectivity index (χ3v) is 3.13. The minimum Gasteiger partial charge on any atom is -0.465 e. The van der Waals surface area contributed by atoms with Crippen LogP contribution in [0.2, 0.25) is 0 Å². The van der Waals surface area contributed by atoms with E-state index >= 15 is 0 Å². The van der Waals surface area contributed by atoms with Gasteiger partial charge in [0, 0.05) is 10.1 Å². The summed E-state index contributed by atoms with van der Waals surface area (Å²) in [5.41, 5.74) is 0.499. The van der Waals surface area contributed by atoms with Crippen LogP contribution in [0.1, 0.15) is 20.0 Å². The Balaban J connectivity index is 2.69. The Morgan fingerprint density at radius 2 is 2.27 bits per heavy atom. The molecule has 2 rings (SSSR count). The molecule has 1 aromatic carbocycles. The van der Waals surface area contributed by atoms with Crippen LogP contribution in [-0.2, 0) is 4.74 Å². The van der Waals surface area contributed by atoms with Crippen LogP contribution in [-0.4, -0.2) is 19.4 Å². The van der Waals surface area contributed by atoms with Crippen molar-refractivity contribution in [2.45, 2.75) is 0 Å². The zero-order valence-corrected chi connectivity index (χ0v) is 8.84. The Hall–Kier alpha value is -1.68. The summed E-state index contributed by atoms with van der Waals surface area (Å²) < 4.78 is 5.58. The van der Waals surface area contributed by atoms with Crippen LogP contribution in [0.25, 0.3) is 10.1 Å². The van der Waals surface area contributed by atoms with Crippen molar-refractivity contribution < 1.29 is 14.3 Å². The Bertz CT molecular complexity index is 528. The van der Waals surface area contributed by atoms with E-state index in [1.807, 2.05) is 6.07 Å². The minimum atomic E-state index is -0.379. The molecule has 0 unspecified atom stereocenters. The Labute approximate surface area is 90.3 Å². The molecule has 2 aromatic rings. The molecule has 0 aliphatic heterocycles. The van der Waals surface area contributed by atoms with Crippen molar-refractivity contribution in [2.75, 3.05) is 7.11 Å². The molecular weight excluding hydrogens is 212 g/mol. The van der Waals surface area contributed by atoms with Crippen molar-refractivity contribution in [3.8, 4) is 0 Å². The van der Waals surface area contributed by atoms with Gasteiger partial charge in [-0.2, -0.15) is 0 Å². The van der Waals surface area contributed by atoms with Gasteiger partial charge in [-0.3, -0.25) is 4.79 Å². The molecule has 0 radical (unpaired) electrons. The number of esters is 1. The van der Waals surface area contributed by atoms with Gasteiger partial charge in [0.1, 0.15) is 0 Å². The highest BCUT2D eigenvalue weighted by Gasteiger charge is 2.11. The van der Waals surface area contributed by atoms with E-state index in [-0.39, 0.29) is 5.97 Å². The second-order valence-corrected chi connectivity index (χ2v) is 4.09. The molecular formula is C11H8O3S. The maximum Gasteiger partial charge on any atom is 0.338 e. The second-order valence-electron chi connectivity index (χ2n) is 2.98. The highest BCUT2D eigenvalue weighted by atomic mass is 32.1. The highest BCUT2D eigenvalue weighted by Crippen LogP contribution is 2.27. The molecule has 0 atom stereocenters. The molecule has 0 aliphatic carbocycles. The van der Waals surface area contributed by atoms with E-state index < -0.39 is 0 Å². The third-order valence-electron chi connectivity index (χ3n) is 2.10. The van der Waals surface area contributed by atoms with E-state index in [0.29, 0.717) is 10.4 Å². The summed E-state index contributed by atoms with van der Waals surface area (Å²) in [7, 11) is 1.34. The molecule has 0 saturated carbocycles. The lowest BCUT2D eigenvalue weighted by Gasteiger charge is -1.99. The molecule has 0 saturated heterocycles. The molecule has 3 nitrogen and oxygen atoms in total. The largest absolute Gasteiger partial charge is 0.465 e. The van der Waals surface area contributed by atoms with Crippen molar-refractivity contribution in [1.82, 2.24) is 0 Å². The van der Waals surface area contributed by atoms with Crippen molar-refractivity contribution in [3.63, 3.8) is 0 Å². The second kappa shape index (κ2) is 3.82. The normalized spacial score (nSPS) is 10.2. The number of ether oxygens (including phenoxy) is 1. The first kappa shape index (κ1) is 9.86. The van der Waals surface area contributed by atoms with E-state index in [1.165, 1.54) is 18.4 Å². The van der Waals surface area contributed by atoms with E-state index in [1.54, 1.807) is 18.2 Å². The molecule has 4 heteroatoms. The monoisotopic (exact) mass is 220 g/mol. The van der Waals surface area contributed by atoms with Gasteiger partial charge in [-0.05, 0) is 18.2 Å². The van der Waals surface area contributed by atoms with Crippen molar-refractivity contribution in [1.29, 1.82) is 0 Å². The van der Waals surface area contributed by atoms with Gasteiger partial charge in [0.15, 0.2) is 6.29 Å². The number of carbonyl (C=O) groups is 2. The predicted molar refractivity (Wildman–Crippen MR) is 58.6 cm³/mol. The molecule has 0 aliphatic rings. The molecule has 0 fully saturated rings. The Kier molecular flexibility index (Phi) is 2.51. The number of rotatable bonds is 2. The lowest BCUT2D eigenvalue weighted by Crippen LogP contribution is -2.00. The number of hydrogen-bond acceptors (Lipinski definition) is 4. The van der Waals surface area contributed by atoms with Gasteiger partial charge in [0.25, 0.3) is 0 Å². The Morgan fingerprint density at radius 1 is 1.47 bits per heavy atom. The Morgan fingerprint density at radius 3 is 2.93 bits per heavy atom. The maximum absolute atomic E-state index is 11.4. The smallest absolute Gasteiger partial charge is 0.338 e. The van der Waals surface area contributed by atoms with E-state index in [4.69, 9.17) is 0 Å². The summed E-state index contributed by atoms with van der Waals surface area (Å²) in [6, 6.07) is 7.05. The lowest BCUT2D eigenvalue weighted by atomic mass is 10.1. The average Bonchev–Trinajstić information content (AvgIpc) is 2.70. The number of hydrogen-bond donors (Lipinski definition) is 0. The molecule has 0 bridgehead atoms. The van der Waals surface area contributed by atoms with Crippen LogP contribution in [0.4, 0.5) is 0 Å². The predicted octanol–water partition coefficient (Wildman–Crippen LogP) is 2.50. The highest BCUT2D eigenvalue weighted by molar-refractivity contribution is 7.20. The first-order valence-corrected chi connectivity index (χ1v) is 5.14. The van der Waals surface area contributed by atoms with Crippen molar-refractivity contribution in [2.24, 2.45) is 0 Å². The zero-order valence-electron chi connectivity index (χ0n) is 8.02. The third kappa shape index (κ3) is 1.64. The number of carbonyl (C=O) groups excluding carboxylic acids is 2. The molecule has 76 valence electrons.